The highest BCUT2D eigenvalue weighted by Gasteiger charge is 2.38. The second-order valence-electron chi connectivity index (χ2n) is 8.11. The van der Waals surface area contributed by atoms with Crippen LogP contribution in [-0.2, 0) is 9.47 Å². The topological polar surface area (TPSA) is 75.2 Å². The van der Waals surface area contributed by atoms with Crippen molar-refractivity contribution in [2.75, 3.05) is 25.0 Å². The van der Waals surface area contributed by atoms with Gasteiger partial charge in [-0.3, -0.25) is 0 Å². The minimum absolute atomic E-state index is 0.158. The van der Waals surface area contributed by atoms with Crippen LogP contribution < -0.4 is 10.6 Å². The van der Waals surface area contributed by atoms with Crippen molar-refractivity contribution in [3.63, 3.8) is 0 Å². The number of amides is 1. The van der Waals surface area contributed by atoms with Gasteiger partial charge < -0.3 is 25.0 Å². The lowest BCUT2D eigenvalue weighted by molar-refractivity contribution is -0.0617. The van der Waals surface area contributed by atoms with Gasteiger partial charge in [-0.2, -0.15) is 13.2 Å². The number of amidine groups is 1. The first kappa shape index (κ1) is 23.2. The third kappa shape index (κ3) is 6.51. The summed E-state index contributed by atoms with van der Waals surface area (Å²) in [7, 11) is 0. The first-order valence-corrected chi connectivity index (χ1v) is 10.0. The minimum Gasteiger partial charge on any atom is -0.444 e. The molecule has 31 heavy (non-hydrogen) atoms. The largest absolute Gasteiger partial charge is 0.449 e. The number of carbonyl (C=O) groups excluding carboxylic acids is 1. The van der Waals surface area contributed by atoms with Crippen molar-refractivity contribution in [1.82, 2.24) is 10.2 Å². The molecule has 0 saturated carbocycles. The maximum atomic E-state index is 12.9. The number of aliphatic imine (C=N–C) groups is 1. The normalized spacial score (nSPS) is 22.2. The van der Waals surface area contributed by atoms with E-state index in [1.54, 1.807) is 49.9 Å². The quantitative estimate of drug-likeness (QED) is 0.655. The van der Waals surface area contributed by atoms with Crippen molar-refractivity contribution >= 4 is 29.2 Å². The van der Waals surface area contributed by atoms with Gasteiger partial charge in [-0.15, -0.1) is 0 Å². The molecule has 0 spiro atoms. The van der Waals surface area contributed by atoms with Crippen LogP contribution in [0.15, 0.2) is 40.5 Å². The van der Waals surface area contributed by atoms with Gasteiger partial charge >= 0.3 is 12.3 Å². The Labute approximate surface area is 183 Å². The molecule has 0 radical (unpaired) electrons. The van der Waals surface area contributed by atoms with Crippen LogP contribution in [0.2, 0.25) is 0 Å². The van der Waals surface area contributed by atoms with E-state index in [0.717, 1.165) is 5.56 Å². The zero-order valence-corrected chi connectivity index (χ0v) is 18.0. The molecule has 1 aromatic rings. The maximum absolute atomic E-state index is 12.9. The van der Waals surface area contributed by atoms with Crippen LogP contribution in [0.1, 0.15) is 32.4 Å². The van der Waals surface area contributed by atoms with E-state index in [1.807, 2.05) is 5.32 Å². The van der Waals surface area contributed by atoms with Crippen molar-refractivity contribution in [2.24, 2.45) is 4.99 Å². The van der Waals surface area contributed by atoms with Gasteiger partial charge in [0.1, 0.15) is 23.0 Å². The molecule has 7 nitrogen and oxygen atoms in total. The lowest BCUT2D eigenvalue weighted by Crippen LogP contribution is -2.44. The Hall–Kier alpha value is -2.46. The van der Waals surface area contributed by atoms with Gasteiger partial charge in [0.05, 0.1) is 13.2 Å². The summed E-state index contributed by atoms with van der Waals surface area (Å²) in [6.45, 7) is 6.57. The molecule has 1 saturated heterocycles. The van der Waals surface area contributed by atoms with Crippen molar-refractivity contribution in [3.8, 4) is 0 Å². The molecular formula is C20H24ClF3N4O3. The van der Waals surface area contributed by atoms with E-state index in [2.05, 4.69) is 10.3 Å². The lowest BCUT2D eigenvalue weighted by Gasteiger charge is -2.34. The zero-order valence-electron chi connectivity index (χ0n) is 17.3. The number of morpholine rings is 1. The second-order valence-corrected chi connectivity index (χ2v) is 8.52. The number of hydrogen-bond acceptors (Lipinski definition) is 6. The Morgan fingerprint density at radius 2 is 1.97 bits per heavy atom. The Bertz CT molecular complexity index is 866. The summed E-state index contributed by atoms with van der Waals surface area (Å²) >= 11 is 5.75. The summed E-state index contributed by atoms with van der Waals surface area (Å²) < 4.78 is 49.9. The van der Waals surface area contributed by atoms with E-state index >= 15 is 0 Å². The number of rotatable bonds is 3. The number of anilines is 1. The molecule has 0 aromatic heterocycles. The Morgan fingerprint density at radius 3 is 2.58 bits per heavy atom. The number of hydrogen-bond donors (Lipinski definition) is 2. The molecular weight excluding hydrogens is 437 g/mol. The average Bonchev–Trinajstić information content (AvgIpc) is 2.66. The molecule has 1 aromatic carbocycles. The van der Waals surface area contributed by atoms with E-state index < -0.39 is 29.9 Å². The number of halogens is 4. The van der Waals surface area contributed by atoms with Crippen LogP contribution in [0, 0.1) is 0 Å². The fourth-order valence-electron chi connectivity index (χ4n) is 3.03. The van der Waals surface area contributed by atoms with E-state index in [1.165, 1.54) is 6.08 Å². The number of nitrogens with zero attached hydrogens (tertiary/aromatic N) is 2. The average molecular weight is 461 g/mol. The summed E-state index contributed by atoms with van der Waals surface area (Å²) in [4.78, 5) is 17.5. The van der Waals surface area contributed by atoms with Gasteiger partial charge in [0, 0.05) is 12.2 Å². The number of nitrogens with one attached hydrogen (secondary N) is 2. The van der Waals surface area contributed by atoms with E-state index in [-0.39, 0.29) is 11.3 Å². The van der Waals surface area contributed by atoms with Gasteiger partial charge in [-0.1, -0.05) is 23.7 Å². The molecule has 2 aliphatic heterocycles. The predicted octanol–water partition coefficient (Wildman–Crippen LogP) is 4.38. The van der Waals surface area contributed by atoms with Crippen LogP contribution >= 0.6 is 11.6 Å². The molecule has 1 amide bonds. The Morgan fingerprint density at radius 1 is 1.29 bits per heavy atom. The van der Waals surface area contributed by atoms with E-state index in [0.29, 0.717) is 25.4 Å². The van der Waals surface area contributed by atoms with Crippen LogP contribution in [0.3, 0.4) is 0 Å². The van der Waals surface area contributed by atoms with E-state index in [9.17, 15) is 18.0 Å². The molecule has 2 atom stereocenters. The summed E-state index contributed by atoms with van der Waals surface area (Å²) in [5, 5.41) is 4.73. The molecule has 2 unspecified atom stereocenters. The number of benzene rings is 1. The molecule has 0 bridgehead atoms. The fourth-order valence-corrected chi connectivity index (χ4v) is 3.24. The van der Waals surface area contributed by atoms with Gasteiger partial charge in [0.2, 0.25) is 5.84 Å². The van der Waals surface area contributed by atoms with Crippen LogP contribution in [0.5, 0.6) is 0 Å². The molecule has 2 aliphatic rings. The molecule has 3 rings (SSSR count). The molecule has 2 N–H and O–H groups in total. The highest BCUT2D eigenvalue weighted by atomic mass is 35.5. The second kappa shape index (κ2) is 8.96. The van der Waals surface area contributed by atoms with Gasteiger partial charge in [-0.05, 0) is 44.5 Å². The van der Waals surface area contributed by atoms with E-state index in [4.69, 9.17) is 21.1 Å². The molecule has 1 fully saturated rings. The highest BCUT2D eigenvalue weighted by Crippen LogP contribution is 2.26. The Kier molecular flexibility index (Phi) is 6.70. The summed E-state index contributed by atoms with van der Waals surface area (Å²) in [6.07, 6.45) is -4.99. The SMILES string of the molecule is CC(C)(C)OC(=O)N1CCOC(c2ccc(NC3C=C(Cl)NC(C(F)(F)F)=N3)cc2)C1. The van der Waals surface area contributed by atoms with Crippen molar-refractivity contribution in [3.05, 3.63) is 41.1 Å². The fraction of sp³-hybridized carbons (Fsp3) is 0.500. The molecule has 2 heterocycles. The smallest absolute Gasteiger partial charge is 0.444 e. The summed E-state index contributed by atoms with van der Waals surface area (Å²) in [5.74, 6) is -1.16. The molecule has 11 heteroatoms. The first-order valence-electron chi connectivity index (χ1n) is 9.66. The number of carbonyl (C=O) groups is 1. The third-order valence-corrected chi connectivity index (χ3v) is 4.61. The van der Waals surface area contributed by atoms with Gasteiger partial charge in [-0.25, -0.2) is 9.79 Å². The van der Waals surface area contributed by atoms with Crippen molar-refractivity contribution < 1.29 is 27.4 Å². The van der Waals surface area contributed by atoms with Crippen LogP contribution in [0.25, 0.3) is 0 Å². The first-order chi connectivity index (χ1) is 14.4. The predicted molar refractivity (Wildman–Crippen MR) is 111 cm³/mol. The van der Waals surface area contributed by atoms with Crippen molar-refractivity contribution in [2.45, 2.75) is 44.8 Å². The van der Waals surface area contributed by atoms with Gasteiger partial charge in [0.15, 0.2) is 0 Å². The molecule has 170 valence electrons. The summed E-state index contributed by atoms with van der Waals surface area (Å²) in [6, 6.07) is 6.98. The monoisotopic (exact) mass is 460 g/mol. The Balaban J connectivity index is 1.64. The molecule has 0 aliphatic carbocycles. The highest BCUT2D eigenvalue weighted by molar-refractivity contribution is 6.30. The van der Waals surface area contributed by atoms with Crippen molar-refractivity contribution in [1.29, 1.82) is 0 Å². The third-order valence-electron chi connectivity index (χ3n) is 4.39. The number of ether oxygens (including phenoxy) is 2. The number of alkyl halides is 3. The maximum Gasteiger partial charge on any atom is 0.449 e. The van der Waals surface area contributed by atoms with Crippen LogP contribution in [0.4, 0.5) is 23.7 Å². The van der Waals surface area contributed by atoms with Crippen LogP contribution in [-0.4, -0.2) is 54.5 Å². The summed E-state index contributed by atoms with van der Waals surface area (Å²) in [5.41, 5.74) is 0.803. The lowest BCUT2D eigenvalue weighted by atomic mass is 10.1. The zero-order chi connectivity index (χ0) is 22.8. The minimum atomic E-state index is -4.63. The standard InChI is InChI=1S/C20H24ClF3N4O3/c1-19(2,3)31-18(29)28-8-9-30-14(11-28)12-4-6-13(7-5-12)25-16-10-15(21)26-17(27-16)20(22,23)24/h4-7,10,14,16,25H,8-9,11H2,1-3H3,(H,26,27). The van der Waals surface area contributed by atoms with Gasteiger partial charge in [0.25, 0.3) is 0 Å².